The molecule has 2 N–H and O–H groups in total. The maximum Gasteiger partial charge on any atom is 0.311 e. The maximum absolute atomic E-state index is 12.1. The molecule has 0 amide bonds. The molecular weight excluding hydrogens is 340 g/mol. The third kappa shape index (κ3) is 7.00. The summed E-state index contributed by atoms with van der Waals surface area (Å²) in [6, 6.07) is 5.71. The highest BCUT2D eigenvalue weighted by Crippen LogP contribution is 2.37. The molecule has 0 radical (unpaired) electrons. The average Bonchev–Trinajstić information content (AvgIpc) is 2.57. The van der Waals surface area contributed by atoms with Gasteiger partial charge in [0.2, 0.25) is 0 Å². The van der Waals surface area contributed by atoms with E-state index < -0.39 is 23.8 Å². The molecule has 0 aliphatic rings. The number of unbranched alkanes of at least 4 members (excludes halogenated alkanes) is 2. The van der Waals surface area contributed by atoms with Gasteiger partial charge in [0.05, 0.1) is 11.8 Å². The predicted molar refractivity (Wildman–Crippen MR) is 109 cm³/mol. The minimum atomic E-state index is -0.871. The van der Waals surface area contributed by atoms with Crippen LogP contribution in [0.3, 0.4) is 0 Å². The van der Waals surface area contributed by atoms with E-state index in [2.05, 4.69) is 6.92 Å². The molecular formula is C23H36O4. The smallest absolute Gasteiger partial charge is 0.311 e. The van der Waals surface area contributed by atoms with Gasteiger partial charge in [-0.15, -0.1) is 0 Å². The van der Waals surface area contributed by atoms with Gasteiger partial charge in [0, 0.05) is 0 Å². The van der Waals surface area contributed by atoms with Crippen molar-refractivity contribution in [3.8, 4) is 0 Å². The minimum Gasteiger partial charge on any atom is -0.481 e. The van der Waals surface area contributed by atoms with Gasteiger partial charge in [-0.25, -0.2) is 0 Å². The van der Waals surface area contributed by atoms with Crippen LogP contribution >= 0.6 is 0 Å². The minimum absolute atomic E-state index is 0.219. The molecule has 1 aromatic carbocycles. The van der Waals surface area contributed by atoms with Crippen molar-refractivity contribution >= 4 is 11.9 Å². The van der Waals surface area contributed by atoms with E-state index in [4.69, 9.17) is 0 Å². The molecule has 2 unspecified atom stereocenters. The molecule has 0 saturated heterocycles. The number of hydrogen-bond donors (Lipinski definition) is 2. The summed E-state index contributed by atoms with van der Waals surface area (Å²) in [6.45, 7) is 10.2. The maximum atomic E-state index is 12.1. The molecule has 1 rings (SSSR count). The van der Waals surface area contributed by atoms with Gasteiger partial charge in [-0.2, -0.15) is 0 Å². The quantitative estimate of drug-likeness (QED) is 0.449. The van der Waals surface area contributed by atoms with Crippen LogP contribution in [0.25, 0.3) is 0 Å². The lowest BCUT2D eigenvalue weighted by Gasteiger charge is -2.26. The van der Waals surface area contributed by atoms with Crippen molar-refractivity contribution in [2.75, 3.05) is 0 Å². The molecule has 27 heavy (non-hydrogen) atoms. The SMILES string of the molecule is CCCCCc1cccc(C(CC(C)C)C(=O)O)c1C(CC(C)C)C(=O)O. The van der Waals surface area contributed by atoms with Crippen molar-refractivity contribution in [2.24, 2.45) is 11.8 Å². The summed E-state index contributed by atoms with van der Waals surface area (Å²) in [5.74, 6) is -2.62. The average molecular weight is 377 g/mol. The topological polar surface area (TPSA) is 74.6 Å². The Balaban J connectivity index is 3.53. The summed E-state index contributed by atoms with van der Waals surface area (Å²) in [5.41, 5.74) is 2.45. The van der Waals surface area contributed by atoms with Crippen LogP contribution < -0.4 is 0 Å². The highest BCUT2D eigenvalue weighted by Gasteiger charge is 2.31. The second-order valence-electron chi connectivity index (χ2n) is 8.42. The molecule has 0 heterocycles. The van der Waals surface area contributed by atoms with Crippen LogP contribution in [-0.2, 0) is 16.0 Å². The van der Waals surface area contributed by atoms with Gasteiger partial charge in [0.25, 0.3) is 0 Å². The lowest BCUT2D eigenvalue weighted by Crippen LogP contribution is -2.22. The molecule has 0 bridgehead atoms. The van der Waals surface area contributed by atoms with Crippen LogP contribution in [0, 0.1) is 11.8 Å². The number of aliphatic carboxylic acids is 2. The van der Waals surface area contributed by atoms with Crippen molar-refractivity contribution in [3.63, 3.8) is 0 Å². The Hall–Kier alpha value is -1.84. The number of benzene rings is 1. The fourth-order valence-corrected chi connectivity index (χ4v) is 3.79. The van der Waals surface area contributed by atoms with E-state index in [1.165, 1.54) is 0 Å². The largest absolute Gasteiger partial charge is 0.481 e. The summed E-state index contributed by atoms with van der Waals surface area (Å²) in [7, 11) is 0. The molecule has 1 aromatic rings. The molecule has 0 fully saturated rings. The molecule has 152 valence electrons. The van der Waals surface area contributed by atoms with Crippen molar-refractivity contribution in [3.05, 3.63) is 34.9 Å². The van der Waals surface area contributed by atoms with Crippen molar-refractivity contribution in [1.82, 2.24) is 0 Å². The Bertz CT molecular complexity index is 619. The Morgan fingerprint density at radius 3 is 1.93 bits per heavy atom. The molecule has 0 aromatic heterocycles. The van der Waals surface area contributed by atoms with E-state index in [0.717, 1.165) is 36.8 Å². The summed E-state index contributed by atoms with van der Waals surface area (Å²) >= 11 is 0. The summed E-state index contributed by atoms with van der Waals surface area (Å²) in [5, 5.41) is 19.8. The fourth-order valence-electron chi connectivity index (χ4n) is 3.79. The van der Waals surface area contributed by atoms with Crippen molar-refractivity contribution in [1.29, 1.82) is 0 Å². The summed E-state index contributed by atoms with van der Waals surface area (Å²) < 4.78 is 0. The van der Waals surface area contributed by atoms with Crippen molar-refractivity contribution in [2.45, 2.75) is 85.0 Å². The van der Waals surface area contributed by atoms with Gasteiger partial charge < -0.3 is 10.2 Å². The number of hydrogen-bond acceptors (Lipinski definition) is 2. The van der Waals surface area contributed by atoms with Crippen LogP contribution in [0.15, 0.2) is 18.2 Å². The Morgan fingerprint density at radius 2 is 1.44 bits per heavy atom. The molecule has 0 aliphatic carbocycles. The van der Waals surface area contributed by atoms with Gasteiger partial charge >= 0.3 is 11.9 Å². The first-order valence-corrected chi connectivity index (χ1v) is 10.3. The van der Waals surface area contributed by atoms with Crippen LogP contribution in [0.5, 0.6) is 0 Å². The summed E-state index contributed by atoms with van der Waals surface area (Å²) in [6.07, 6.45) is 4.99. The lowest BCUT2D eigenvalue weighted by atomic mass is 9.78. The third-order valence-corrected chi connectivity index (χ3v) is 5.01. The first-order valence-electron chi connectivity index (χ1n) is 10.3. The van der Waals surface area contributed by atoms with Gasteiger partial charge in [-0.05, 0) is 54.2 Å². The van der Waals surface area contributed by atoms with Gasteiger partial charge in [-0.1, -0.05) is 65.7 Å². The van der Waals surface area contributed by atoms with Crippen LogP contribution in [0.2, 0.25) is 0 Å². The second kappa shape index (κ2) is 11.1. The normalized spacial score (nSPS) is 13.7. The van der Waals surface area contributed by atoms with Crippen LogP contribution in [0.4, 0.5) is 0 Å². The van der Waals surface area contributed by atoms with E-state index in [0.29, 0.717) is 18.4 Å². The second-order valence-corrected chi connectivity index (χ2v) is 8.42. The highest BCUT2D eigenvalue weighted by atomic mass is 16.4. The Kier molecular flexibility index (Phi) is 9.54. The van der Waals surface area contributed by atoms with Crippen LogP contribution in [-0.4, -0.2) is 22.2 Å². The lowest BCUT2D eigenvalue weighted by molar-refractivity contribution is -0.140. The molecule has 0 saturated carbocycles. The summed E-state index contributed by atoms with van der Waals surface area (Å²) in [4.78, 5) is 24.2. The first-order chi connectivity index (χ1) is 12.7. The van der Waals surface area contributed by atoms with E-state index in [1.54, 1.807) is 0 Å². The van der Waals surface area contributed by atoms with Crippen molar-refractivity contribution < 1.29 is 19.8 Å². The number of carbonyl (C=O) groups is 2. The van der Waals surface area contributed by atoms with E-state index in [1.807, 2.05) is 45.9 Å². The Labute approximate surface area is 164 Å². The zero-order valence-corrected chi connectivity index (χ0v) is 17.5. The number of aryl methyl sites for hydroxylation is 1. The monoisotopic (exact) mass is 376 g/mol. The van der Waals surface area contributed by atoms with E-state index in [-0.39, 0.29) is 11.8 Å². The van der Waals surface area contributed by atoms with Gasteiger partial charge in [-0.3, -0.25) is 9.59 Å². The molecule has 2 atom stereocenters. The first kappa shape index (κ1) is 23.2. The zero-order valence-electron chi connectivity index (χ0n) is 17.5. The Morgan fingerprint density at radius 1 is 0.889 bits per heavy atom. The van der Waals surface area contributed by atoms with E-state index >= 15 is 0 Å². The number of carboxylic acids is 2. The fraction of sp³-hybridized carbons (Fsp3) is 0.652. The highest BCUT2D eigenvalue weighted by molar-refractivity contribution is 5.81. The van der Waals surface area contributed by atoms with Gasteiger partial charge in [0.15, 0.2) is 0 Å². The molecule has 0 aliphatic heterocycles. The third-order valence-electron chi connectivity index (χ3n) is 5.01. The van der Waals surface area contributed by atoms with Gasteiger partial charge in [0.1, 0.15) is 0 Å². The number of rotatable bonds is 12. The molecule has 4 heteroatoms. The van der Waals surface area contributed by atoms with E-state index in [9.17, 15) is 19.8 Å². The van der Waals surface area contributed by atoms with Crippen LogP contribution in [0.1, 0.15) is 95.2 Å². The number of carboxylic acid groups (broad SMARTS) is 2. The molecule has 4 nitrogen and oxygen atoms in total. The predicted octanol–water partition coefficient (Wildman–Crippen LogP) is 5.85. The molecule has 0 spiro atoms. The standard InChI is InChI=1S/C23H36O4/c1-6-7-8-10-17-11-9-12-18(19(22(24)25)13-15(2)3)21(17)20(23(26)27)14-16(4)5/h9,11-12,15-16,19-20H,6-8,10,13-14H2,1-5H3,(H,24,25)(H,26,27). The zero-order chi connectivity index (χ0) is 20.6.